The molecule has 1 nitrogen and oxygen atoms in total. The van der Waals surface area contributed by atoms with Crippen LogP contribution in [-0.4, -0.2) is 5.12 Å². The number of carbonyl (C=O) groups excluding carboxylic acids is 1. The normalized spacial score (nSPS) is 10.5. The summed E-state index contributed by atoms with van der Waals surface area (Å²) in [6, 6.07) is 23.6. The fraction of sp³-hybridized carbons (Fsp3) is 0. The molecule has 0 radical (unpaired) electrons. The lowest BCUT2D eigenvalue weighted by Crippen LogP contribution is -1.91. The quantitative estimate of drug-likeness (QED) is 0.620. The van der Waals surface area contributed by atoms with Crippen LogP contribution < -0.4 is 0 Å². The molecule has 0 amide bonds. The monoisotopic (exact) mass is 264 g/mol. The first-order valence-corrected chi connectivity index (χ1v) is 6.90. The molecule has 0 spiro atoms. The van der Waals surface area contributed by atoms with Gasteiger partial charge < -0.3 is 0 Å². The third kappa shape index (κ3) is 2.69. The van der Waals surface area contributed by atoms with Gasteiger partial charge in [0.2, 0.25) is 5.12 Å². The van der Waals surface area contributed by atoms with Crippen LogP contribution in [-0.2, 0) is 0 Å². The smallest absolute Gasteiger partial charge is 0.224 e. The minimum Gasteiger partial charge on any atom is -0.281 e. The van der Waals surface area contributed by atoms with Gasteiger partial charge in [-0.3, -0.25) is 4.79 Å². The molecule has 0 bridgehead atoms. The van der Waals surface area contributed by atoms with E-state index in [9.17, 15) is 4.79 Å². The second-order valence-corrected chi connectivity index (χ2v) is 5.31. The SMILES string of the molecule is O=C(Sc1ccc2ccccc2c1)c1ccccc1. The number of hydrogen-bond donors (Lipinski definition) is 0. The highest BCUT2D eigenvalue weighted by atomic mass is 32.2. The van der Waals surface area contributed by atoms with Crippen LogP contribution in [0.2, 0.25) is 0 Å². The van der Waals surface area contributed by atoms with Crippen molar-refractivity contribution < 1.29 is 4.79 Å². The maximum atomic E-state index is 12.1. The van der Waals surface area contributed by atoms with Crippen LogP contribution in [0.5, 0.6) is 0 Å². The van der Waals surface area contributed by atoms with Gasteiger partial charge in [0.15, 0.2) is 0 Å². The minimum absolute atomic E-state index is 0.0795. The first-order valence-electron chi connectivity index (χ1n) is 6.09. The topological polar surface area (TPSA) is 17.1 Å². The van der Waals surface area contributed by atoms with Crippen LogP contribution in [0.15, 0.2) is 77.7 Å². The highest BCUT2D eigenvalue weighted by molar-refractivity contribution is 8.14. The van der Waals surface area contributed by atoms with E-state index in [0.29, 0.717) is 0 Å². The minimum atomic E-state index is 0.0795. The number of carbonyl (C=O) groups is 1. The van der Waals surface area contributed by atoms with Crippen molar-refractivity contribution in [1.82, 2.24) is 0 Å². The average Bonchev–Trinajstić information content (AvgIpc) is 2.48. The van der Waals surface area contributed by atoms with Crippen LogP contribution in [0.3, 0.4) is 0 Å². The van der Waals surface area contributed by atoms with E-state index < -0.39 is 0 Å². The van der Waals surface area contributed by atoms with Gasteiger partial charge in [0.25, 0.3) is 0 Å². The van der Waals surface area contributed by atoms with Crippen molar-refractivity contribution in [2.24, 2.45) is 0 Å². The first kappa shape index (κ1) is 12.0. The van der Waals surface area contributed by atoms with Crippen LogP contribution >= 0.6 is 11.8 Å². The fourth-order valence-corrected chi connectivity index (χ4v) is 2.76. The molecule has 3 aromatic carbocycles. The Morgan fingerprint density at radius 2 is 1.42 bits per heavy atom. The molecule has 0 unspecified atom stereocenters. The lowest BCUT2D eigenvalue weighted by molar-refractivity contribution is 0.108. The molecule has 3 rings (SSSR count). The summed E-state index contributed by atoms with van der Waals surface area (Å²) in [5, 5.41) is 2.43. The van der Waals surface area contributed by atoms with Gasteiger partial charge in [0, 0.05) is 10.5 Å². The Morgan fingerprint density at radius 3 is 2.21 bits per heavy atom. The van der Waals surface area contributed by atoms with E-state index in [0.717, 1.165) is 15.8 Å². The van der Waals surface area contributed by atoms with Crippen molar-refractivity contribution in [3.8, 4) is 0 Å². The molecule has 3 aromatic rings. The molecule has 2 heteroatoms. The molecule has 0 aliphatic rings. The van der Waals surface area contributed by atoms with Crippen molar-refractivity contribution in [3.63, 3.8) is 0 Å². The third-order valence-electron chi connectivity index (χ3n) is 2.94. The van der Waals surface area contributed by atoms with Gasteiger partial charge in [-0.05, 0) is 34.7 Å². The Bertz CT molecular complexity index is 719. The summed E-state index contributed by atoms with van der Waals surface area (Å²) >= 11 is 1.27. The Kier molecular flexibility index (Phi) is 3.34. The molecule has 0 fully saturated rings. The average molecular weight is 264 g/mol. The number of fused-ring (bicyclic) bond motifs is 1. The van der Waals surface area contributed by atoms with E-state index in [1.54, 1.807) is 0 Å². The predicted octanol–water partition coefficient (Wildman–Crippen LogP) is 4.77. The highest BCUT2D eigenvalue weighted by Gasteiger charge is 2.07. The number of benzene rings is 3. The van der Waals surface area contributed by atoms with E-state index in [2.05, 4.69) is 24.3 Å². The predicted molar refractivity (Wildman–Crippen MR) is 80.6 cm³/mol. The van der Waals surface area contributed by atoms with Gasteiger partial charge in [0.1, 0.15) is 0 Å². The molecule has 92 valence electrons. The van der Waals surface area contributed by atoms with Crippen molar-refractivity contribution >= 4 is 27.6 Å². The molecule has 0 heterocycles. The summed E-state index contributed by atoms with van der Waals surface area (Å²) in [6.07, 6.45) is 0. The molecule has 0 aliphatic heterocycles. The van der Waals surface area contributed by atoms with Crippen LogP contribution in [0.4, 0.5) is 0 Å². The molecule has 0 saturated heterocycles. The maximum absolute atomic E-state index is 12.1. The van der Waals surface area contributed by atoms with E-state index in [1.807, 2.05) is 48.5 Å². The fourth-order valence-electron chi connectivity index (χ4n) is 1.97. The molecule has 0 N–H and O–H groups in total. The van der Waals surface area contributed by atoms with E-state index in [4.69, 9.17) is 0 Å². The summed E-state index contributed by atoms with van der Waals surface area (Å²) in [4.78, 5) is 13.1. The molecular formula is C17H12OS. The van der Waals surface area contributed by atoms with Crippen molar-refractivity contribution in [2.75, 3.05) is 0 Å². The Morgan fingerprint density at radius 1 is 0.737 bits per heavy atom. The van der Waals surface area contributed by atoms with Crippen molar-refractivity contribution in [1.29, 1.82) is 0 Å². The van der Waals surface area contributed by atoms with Crippen LogP contribution in [0, 0.1) is 0 Å². The summed E-state index contributed by atoms with van der Waals surface area (Å²) < 4.78 is 0. The summed E-state index contributed by atoms with van der Waals surface area (Å²) in [6.45, 7) is 0. The van der Waals surface area contributed by atoms with Crippen LogP contribution in [0.25, 0.3) is 10.8 Å². The van der Waals surface area contributed by atoms with Crippen LogP contribution in [0.1, 0.15) is 10.4 Å². The molecule has 19 heavy (non-hydrogen) atoms. The number of thioether (sulfide) groups is 1. The zero-order valence-corrected chi connectivity index (χ0v) is 11.1. The van der Waals surface area contributed by atoms with E-state index >= 15 is 0 Å². The van der Waals surface area contributed by atoms with Gasteiger partial charge in [0.05, 0.1) is 0 Å². The summed E-state index contributed by atoms with van der Waals surface area (Å²) in [7, 11) is 0. The van der Waals surface area contributed by atoms with Gasteiger partial charge in [-0.2, -0.15) is 0 Å². The lowest BCUT2D eigenvalue weighted by Gasteiger charge is -2.03. The highest BCUT2D eigenvalue weighted by Crippen LogP contribution is 2.26. The van der Waals surface area contributed by atoms with E-state index in [1.165, 1.54) is 17.1 Å². The first-order chi connectivity index (χ1) is 9.33. The molecule has 0 saturated carbocycles. The third-order valence-corrected chi connectivity index (χ3v) is 3.85. The summed E-state index contributed by atoms with van der Waals surface area (Å²) in [5.41, 5.74) is 0.737. The zero-order chi connectivity index (χ0) is 13.1. The van der Waals surface area contributed by atoms with Gasteiger partial charge in [-0.1, -0.05) is 60.7 Å². The molecule has 0 aliphatic carbocycles. The molecule has 0 aromatic heterocycles. The molecule has 0 atom stereocenters. The number of rotatable bonds is 2. The standard InChI is InChI=1S/C17H12OS/c18-17(14-7-2-1-3-8-14)19-16-11-10-13-6-4-5-9-15(13)12-16/h1-12H. The van der Waals surface area contributed by atoms with Gasteiger partial charge in [-0.25, -0.2) is 0 Å². The second-order valence-electron chi connectivity index (χ2n) is 4.26. The Balaban J connectivity index is 1.87. The molecular weight excluding hydrogens is 252 g/mol. The zero-order valence-electron chi connectivity index (χ0n) is 10.2. The van der Waals surface area contributed by atoms with Crippen molar-refractivity contribution in [2.45, 2.75) is 4.90 Å². The number of hydrogen-bond acceptors (Lipinski definition) is 2. The lowest BCUT2D eigenvalue weighted by atomic mass is 10.1. The Labute approximate surface area is 116 Å². The maximum Gasteiger partial charge on any atom is 0.224 e. The summed E-state index contributed by atoms with van der Waals surface area (Å²) in [5.74, 6) is 0. The largest absolute Gasteiger partial charge is 0.281 e. The Hall–Kier alpha value is -2.06. The second kappa shape index (κ2) is 5.29. The van der Waals surface area contributed by atoms with Gasteiger partial charge >= 0.3 is 0 Å². The van der Waals surface area contributed by atoms with E-state index in [-0.39, 0.29) is 5.12 Å². The van der Waals surface area contributed by atoms with Gasteiger partial charge in [-0.15, -0.1) is 0 Å². The van der Waals surface area contributed by atoms with Crippen molar-refractivity contribution in [3.05, 3.63) is 78.4 Å².